The molecule has 1 aromatic carbocycles. The van der Waals surface area contributed by atoms with Crippen molar-refractivity contribution in [3.05, 3.63) is 28.8 Å². The standard InChI is InChI=1S/C10H11IO3/c1-6-3-7(2)10(14-11)8(4-6)5-9(12)13/h3-4H,5H2,1-2H3,(H,12,13). The maximum atomic E-state index is 10.6. The fourth-order valence-electron chi connectivity index (χ4n) is 1.45. The van der Waals surface area contributed by atoms with Crippen LogP contribution in [0.4, 0.5) is 0 Å². The Labute approximate surface area is 96.8 Å². The minimum atomic E-state index is -0.843. The molecule has 0 heterocycles. The van der Waals surface area contributed by atoms with E-state index in [2.05, 4.69) is 0 Å². The third-order valence-corrected chi connectivity index (χ3v) is 2.36. The van der Waals surface area contributed by atoms with E-state index in [-0.39, 0.29) is 6.42 Å². The van der Waals surface area contributed by atoms with Crippen molar-refractivity contribution in [2.45, 2.75) is 20.3 Å². The molecule has 1 aromatic rings. The van der Waals surface area contributed by atoms with Crippen LogP contribution in [0.2, 0.25) is 0 Å². The van der Waals surface area contributed by atoms with Crippen LogP contribution in [0.1, 0.15) is 16.7 Å². The maximum Gasteiger partial charge on any atom is 0.307 e. The summed E-state index contributed by atoms with van der Waals surface area (Å²) in [6.45, 7) is 3.85. The zero-order valence-corrected chi connectivity index (χ0v) is 10.2. The van der Waals surface area contributed by atoms with Crippen LogP contribution in [0, 0.1) is 13.8 Å². The van der Waals surface area contributed by atoms with Crippen LogP contribution < -0.4 is 3.07 Å². The number of carboxylic acids is 1. The van der Waals surface area contributed by atoms with Gasteiger partial charge in [0.1, 0.15) is 5.75 Å². The van der Waals surface area contributed by atoms with Crippen LogP contribution in [0.25, 0.3) is 0 Å². The lowest BCUT2D eigenvalue weighted by atomic mass is 10.0. The Morgan fingerprint density at radius 2 is 2.14 bits per heavy atom. The van der Waals surface area contributed by atoms with Crippen molar-refractivity contribution in [2.24, 2.45) is 0 Å². The van der Waals surface area contributed by atoms with Crippen LogP contribution in [-0.2, 0) is 11.2 Å². The third kappa shape index (κ3) is 2.60. The van der Waals surface area contributed by atoms with E-state index in [0.29, 0.717) is 5.75 Å². The number of hydrogen-bond donors (Lipinski definition) is 1. The first-order chi connectivity index (χ1) is 6.54. The van der Waals surface area contributed by atoms with Crippen molar-refractivity contribution in [2.75, 3.05) is 0 Å². The lowest BCUT2D eigenvalue weighted by Crippen LogP contribution is -2.02. The molecule has 1 rings (SSSR count). The highest BCUT2D eigenvalue weighted by molar-refractivity contribution is 14.1. The highest BCUT2D eigenvalue weighted by Gasteiger charge is 2.11. The number of hydrogen-bond acceptors (Lipinski definition) is 2. The smallest absolute Gasteiger partial charge is 0.307 e. The number of aliphatic carboxylic acids is 1. The molecule has 1 N–H and O–H groups in total. The van der Waals surface area contributed by atoms with Gasteiger partial charge in [0.25, 0.3) is 0 Å². The largest absolute Gasteiger partial charge is 0.481 e. The van der Waals surface area contributed by atoms with Crippen molar-refractivity contribution in [1.82, 2.24) is 0 Å². The second-order valence-electron chi connectivity index (χ2n) is 3.22. The van der Waals surface area contributed by atoms with Crippen molar-refractivity contribution in [1.29, 1.82) is 0 Å². The summed E-state index contributed by atoms with van der Waals surface area (Å²) in [5.74, 6) is -0.177. The van der Waals surface area contributed by atoms with Crippen LogP contribution in [-0.4, -0.2) is 11.1 Å². The molecule has 0 aliphatic carbocycles. The Kier molecular flexibility index (Phi) is 3.74. The number of carboxylic acid groups (broad SMARTS) is 1. The predicted octanol–water partition coefficient (Wildman–Crippen LogP) is 2.66. The SMILES string of the molecule is Cc1cc(C)c(OI)c(CC(=O)O)c1. The summed E-state index contributed by atoms with van der Waals surface area (Å²) < 4.78 is 5.14. The summed E-state index contributed by atoms with van der Waals surface area (Å²) in [5.41, 5.74) is 2.75. The van der Waals surface area contributed by atoms with E-state index in [4.69, 9.17) is 8.17 Å². The third-order valence-electron chi connectivity index (χ3n) is 1.91. The van der Waals surface area contributed by atoms with Crippen molar-refractivity contribution >= 4 is 29.0 Å². The minimum absolute atomic E-state index is 0.000848. The topological polar surface area (TPSA) is 46.5 Å². The highest BCUT2D eigenvalue weighted by Crippen LogP contribution is 2.27. The molecule has 0 aromatic heterocycles. The summed E-state index contributed by atoms with van der Waals surface area (Å²) in [6.07, 6.45) is 0.000848. The summed E-state index contributed by atoms with van der Waals surface area (Å²) in [7, 11) is 0. The summed E-state index contributed by atoms with van der Waals surface area (Å²) in [6, 6.07) is 3.81. The molecule has 0 atom stereocenters. The number of aryl methyl sites for hydroxylation is 2. The van der Waals surface area contributed by atoms with Gasteiger partial charge in [-0.25, -0.2) is 0 Å². The first-order valence-electron chi connectivity index (χ1n) is 4.15. The Morgan fingerprint density at radius 3 is 2.64 bits per heavy atom. The number of carbonyl (C=O) groups is 1. The molecule has 0 fully saturated rings. The Balaban J connectivity index is 3.17. The monoisotopic (exact) mass is 306 g/mol. The Bertz CT molecular complexity index is 361. The molecule has 0 spiro atoms. The average Bonchev–Trinajstić information content (AvgIpc) is 2.01. The van der Waals surface area contributed by atoms with Crippen LogP contribution in [0.5, 0.6) is 5.75 Å². The van der Waals surface area contributed by atoms with Gasteiger partial charge < -0.3 is 8.17 Å². The molecule has 0 amide bonds. The quantitative estimate of drug-likeness (QED) is 0.873. The zero-order valence-electron chi connectivity index (χ0n) is 8.00. The summed E-state index contributed by atoms with van der Waals surface area (Å²) in [4.78, 5) is 10.6. The fraction of sp³-hybridized carbons (Fsp3) is 0.300. The molecular weight excluding hydrogens is 295 g/mol. The van der Waals surface area contributed by atoms with Crippen molar-refractivity contribution in [3.63, 3.8) is 0 Å². The molecule has 14 heavy (non-hydrogen) atoms. The van der Waals surface area contributed by atoms with Gasteiger partial charge in [0.05, 0.1) is 6.42 Å². The molecule has 0 saturated heterocycles. The zero-order chi connectivity index (χ0) is 10.7. The number of halogens is 1. The van der Waals surface area contributed by atoms with E-state index >= 15 is 0 Å². The molecule has 0 radical (unpaired) electrons. The van der Waals surface area contributed by atoms with E-state index in [9.17, 15) is 4.79 Å². The van der Waals surface area contributed by atoms with Gasteiger partial charge in [-0.05, 0) is 19.4 Å². The van der Waals surface area contributed by atoms with Gasteiger partial charge in [-0.2, -0.15) is 0 Å². The normalized spacial score (nSPS) is 9.93. The van der Waals surface area contributed by atoms with Crippen molar-refractivity contribution in [3.8, 4) is 5.75 Å². The van der Waals surface area contributed by atoms with E-state index < -0.39 is 5.97 Å². The second-order valence-corrected chi connectivity index (χ2v) is 3.66. The fourth-order valence-corrected chi connectivity index (χ4v) is 2.08. The molecule has 0 aliphatic rings. The van der Waals surface area contributed by atoms with Crippen LogP contribution in [0.15, 0.2) is 12.1 Å². The molecule has 0 saturated carbocycles. The first-order valence-corrected chi connectivity index (χ1v) is 5.03. The highest BCUT2D eigenvalue weighted by atomic mass is 127. The molecule has 0 unspecified atom stereocenters. The average molecular weight is 306 g/mol. The minimum Gasteiger partial charge on any atom is -0.481 e. The lowest BCUT2D eigenvalue weighted by molar-refractivity contribution is -0.136. The lowest BCUT2D eigenvalue weighted by Gasteiger charge is -2.09. The van der Waals surface area contributed by atoms with Gasteiger partial charge in [-0.3, -0.25) is 4.79 Å². The van der Waals surface area contributed by atoms with E-state index in [1.165, 1.54) is 0 Å². The van der Waals surface area contributed by atoms with Gasteiger partial charge in [0, 0.05) is 5.56 Å². The van der Waals surface area contributed by atoms with Gasteiger partial charge in [0.15, 0.2) is 23.0 Å². The molecule has 76 valence electrons. The van der Waals surface area contributed by atoms with E-state index in [0.717, 1.165) is 16.7 Å². The van der Waals surface area contributed by atoms with E-state index in [1.54, 1.807) is 23.0 Å². The summed E-state index contributed by atoms with van der Waals surface area (Å²) >= 11 is 1.77. The summed E-state index contributed by atoms with van der Waals surface area (Å²) in [5, 5.41) is 8.71. The number of rotatable bonds is 3. The Hall–Kier alpha value is -0.780. The second kappa shape index (κ2) is 4.63. The predicted molar refractivity (Wildman–Crippen MR) is 61.9 cm³/mol. The first kappa shape index (κ1) is 11.3. The number of benzene rings is 1. The Morgan fingerprint density at radius 1 is 1.50 bits per heavy atom. The molecule has 0 bridgehead atoms. The van der Waals surface area contributed by atoms with Gasteiger partial charge in [-0.1, -0.05) is 17.7 Å². The van der Waals surface area contributed by atoms with Gasteiger partial charge in [-0.15, -0.1) is 0 Å². The maximum absolute atomic E-state index is 10.6. The molecular formula is C10H11IO3. The van der Waals surface area contributed by atoms with E-state index in [1.807, 2.05) is 26.0 Å². The van der Waals surface area contributed by atoms with Crippen LogP contribution >= 0.6 is 23.0 Å². The molecule has 3 nitrogen and oxygen atoms in total. The van der Waals surface area contributed by atoms with Gasteiger partial charge in [0.2, 0.25) is 0 Å². The van der Waals surface area contributed by atoms with Gasteiger partial charge >= 0.3 is 5.97 Å². The molecule has 4 heteroatoms. The van der Waals surface area contributed by atoms with Crippen molar-refractivity contribution < 1.29 is 13.0 Å². The van der Waals surface area contributed by atoms with Crippen LogP contribution in [0.3, 0.4) is 0 Å². The molecule has 0 aliphatic heterocycles.